The molecule has 0 spiro atoms. The minimum Gasteiger partial charge on any atom is -0.250 e. The normalized spacial score (nSPS) is 11.3. The summed E-state index contributed by atoms with van der Waals surface area (Å²) in [7, 11) is 0. The van der Waals surface area contributed by atoms with E-state index in [0.717, 1.165) is 22.5 Å². The molecule has 27 heavy (non-hydrogen) atoms. The van der Waals surface area contributed by atoms with Gasteiger partial charge in [-0.25, -0.2) is 4.68 Å². The molecule has 0 saturated carbocycles. The Bertz CT molecular complexity index is 1160. The van der Waals surface area contributed by atoms with Crippen LogP contribution in [-0.2, 0) is 0 Å². The number of hydrogen-bond donors (Lipinski definition) is 1. The zero-order chi connectivity index (χ0) is 18.8. The molecule has 6 nitrogen and oxygen atoms in total. The molecule has 0 saturated heterocycles. The number of benzene rings is 2. The molecule has 4 aromatic rings. The van der Waals surface area contributed by atoms with E-state index in [1.807, 2.05) is 72.4 Å². The fraction of sp³-hybridized carbons (Fsp3) is 0.0526. The number of aromatic amines is 1. The second-order valence-corrected chi connectivity index (χ2v) is 6.68. The van der Waals surface area contributed by atoms with Gasteiger partial charge in [0.2, 0.25) is 4.77 Å². The van der Waals surface area contributed by atoms with Crippen LogP contribution in [0.3, 0.4) is 0 Å². The third-order valence-corrected chi connectivity index (χ3v) is 4.52. The van der Waals surface area contributed by atoms with Crippen LogP contribution in [0.1, 0.15) is 11.4 Å². The highest BCUT2D eigenvalue weighted by Crippen LogP contribution is 2.24. The Morgan fingerprint density at radius 3 is 2.52 bits per heavy atom. The average molecular weight is 395 g/mol. The lowest BCUT2D eigenvalue weighted by molar-refractivity contribution is 0.821. The van der Waals surface area contributed by atoms with Crippen molar-refractivity contribution in [1.29, 1.82) is 0 Å². The molecule has 0 unspecified atom stereocenters. The van der Waals surface area contributed by atoms with Crippen molar-refractivity contribution in [3.63, 3.8) is 0 Å². The molecule has 0 fully saturated rings. The standard InChI is InChI=1S/C19H15ClN6S/c1-13-22-23-19(27)26(13)21-11-15-12-25(17-5-3-2-4-6-17)24-18(15)14-7-9-16(20)10-8-14/h2-12H,1H3,(H,23,27)/b21-11-. The van der Waals surface area contributed by atoms with Gasteiger partial charge < -0.3 is 0 Å². The Morgan fingerprint density at radius 1 is 1.11 bits per heavy atom. The van der Waals surface area contributed by atoms with Crippen molar-refractivity contribution in [2.24, 2.45) is 5.10 Å². The lowest BCUT2D eigenvalue weighted by Gasteiger charge is -2.00. The molecule has 0 atom stereocenters. The molecular weight excluding hydrogens is 380 g/mol. The van der Waals surface area contributed by atoms with Crippen molar-refractivity contribution in [3.8, 4) is 16.9 Å². The molecule has 0 amide bonds. The van der Waals surface area contributed by atoms with E-state index in [1.54, 1.807) is 10.9 Å². The van der Waals surface area contributed by atoms with Gasteiger partial charge in [-0.05, 0) is 43.4 Å². The molecule has 0 radical (unpaired) electrons. The number of para-hydroxylation sites is 1. The summed E-state index contributed by atoms with van der Waals surface area (Å²) in [4.78, 5) is 0. The van der Waals surface area contributed by atoms with E-state index < -0.39 is 0 Å². The van der Waals surface area contributed by atoms with Gasteiger partial charge in [-0.2, -0.15) is 20.0 Å². The quantitative estimate of drug-likeness (QED) is 0.405. The van der Waals surface area contributed by atoms with Crippen LogP contribution in [0.25, 0.3) is 16.9 Å². The van der Waals surface area contributed by atoms with Crippen LogP contribution in [-0.4, -0.2) is 30.9 Å². The predicted molar refractivity (Wildman–Crippen MR) is 109 cm³/mol. The maximum Gasteiger partial charge on any atom is 0.216 e. The van der Waals surface area contributed by atoms with Crippen LogP contribution >= 0.6 is 23.8 Å². The fourth-order valence-electron chi connectivity index (χ4n) is 2.65. The highest BCUT2D eigenvalue weighted by molar-refractivity contribution is 7.71. The maximum atomic E-state index is 6.03. The number of hydrogen-bond acceptors (Lipinski definition) is 4. The average Bonchev–Trinajstić information content (AvgIpc) is 3.25. The van der Waals surface area contributed by atoms with Crippen LogP contribution in [0.4, 0.5) is 0 Å². The van der Waals surface area contributed by atoms with E-state index in [4.69, 9.17) is 28.9 Å². The van der Waals surface area contributed by atoms with Gasteiger partial charge in [-0.3, -0.25) is 5.10 Å². The second-order valence-electron chi connectivity index (χ2n) is 5.85. The van der Waals surface area contributed by atoms with Crippen LogP contribution in [0.2, 0.25) is 5.02 Å². The van der Waals surface area contributed by atoms with E-state index in [2.05, 4.69) is 15.3 Å². The molecule has 2 aromatic heterocycles. The third-order valence-electron chi connectivity index (χ3n) is 4.01. The number of nitrogens with one attached hydrogen (secondary N) is 1. The van der Waals surface area contributed by atoms with Crippen molar-refractivity contribution in [1.82, 2.24) is 24.7 Å². The number of nitrogens with zero attached hydrogens (tertiary/aromatic N) is 5. The molecule has 0 aliphatic rings. The first-order valence-electron chi connectivity index (χ1n) is 8.21. The lowest BCUT2D eigenvalue weighted by Crippen LogP contribution is -1.94. The Morgan fingerprint density at radius 2 is 1.85 bits per heavy atom. The Kier molecular flexibility index (Phi) is 4.70. The van der Waals surface area contributed by atoms with Gasteiger partial charge in [0.15, 0.2) is 0 Å². The van der Waals surface area contributed by atoms with E-state index >= 15 is 0 Å². The van der Waals surface area contributed by atoms with Crippen molar-refractivity contribution >= 4 is 30.0 Å². The molecule has 4 rings (SSSR count). The van der Waals surface area contributed by atoms with E-state index in [1.165, 1.54) is 0 Å². The van der Waals surface area contributed by atoms with Crippen molar-refractivity contribution in [3.05, 3.63) is 82.0 Å². The molecule has 8 heteroatoms. The van der Waals surface area contributed by atoms with E-state index in [9.17, 15) is 0 Å². The summed E-state index contributed by atoms with van der Waals surface area (Å²) in [6.07, 6.45) is 3.66. The van der Waals surface area contributed by atoms with Crippen LogP contribution < -0.4 is 0 Å². The van der Waals surface area contributed by atoms with Crippen molar-refractivity contribution in [2.75, 3.05) is 0 Å². The largest absolute Gasteiger partial charge is 0.250 e. The smallest absolute Gasteiger partial charge is 0.216 e. The summed E-state index contributed by atoms with van der Waals surface area (Å²) in [5.74, 6) is 0.680. The topological polar surface area (TPSA) is 63.8 Å². The van der Waals surface area contributed by atoms with Gasteiger partial charge in [0, 0.05) is 22.3 Å². The minimum atomic E-state index is 0.437. The number of H-pyrrole nitrogens is 1. The SMILES string of the molecule is Cc1n[nH]c(=S)n1/N=C\c1cn(-c2ccccc2)nc1-c1ccc(Cl)cc1. The molecule has 2 heterocycles. The Hall–Kier alpha value is -3.03. The molecule has 0 bridgehead atoms. The lowest BCUT2D eigenvalue weighted by atomic mass is 10.1. The Labute approximate surface area is 165 Å². The molecule has 0 aliphatic carbocycles. The molecular formula is C19H15ClN6S. The monoisotopic (exact) mass is 394 g/mol. The second kappa shape index (κ2) is 7.30. The minimum absolute atomic E-state index is 0.437. The van der Waals surface area contributed by atoms with Gasteiger partial charge in [0.05, 0.1) is 11.9 Å². The summed E-state index contributed by atoms with van der Waals surface area (Å²) in [6.45, 7) is 1.83. The maximum absolute atomic E-state index is 6.03. The number of aromatic nitrogens is 5. The van der Waals surface area contributed by atoms with Crippen LogP contribution in [0.5, 0.6) is 0 Å². The number of halogens is 1. The van der Waals surface area contributed by atoms with Gasteiger partial charge in [0.25, 0.3) is 0 Å². The van der Waals surface area contributed by atoms with Crippen molar-refractivity contribution < 1.29 is 0 Å². The van der Waals surface area contributed by atoms with Crippen LogP contribution in [0.15, 0.2) is 65.9 Å². The highest BCUT2D eigenvalue weighted by Gasteiger charge is 2.11. The van der Waals surface area contributed by atoms with Gasteiger partial charge in [0.1, 0.15) is 11.5 Å². The summed E-state index contributed by atoms with van der Waals surface area (Å²) in [5.41, 5.74) is 3.56. The van der Waals surface area contributed by atoms with Gasteiger partial charge in [-0.1, -0.05) is 41.9 Å². The van der Waals surface area contributed by atoms with Crippen molar-refractivity contribution in [2.45, 2.75) is 6.92 Å². The molecule has 1 N–H and O–H groups in total. The zero-order valence-electron chi connectivity index (χ0n) is 14.4. The number of aryl methyl sites for hydroxylation is 1. The third kappa shape index (κ3) is 3.60. The summed E-state index contributed by atoms with van der Waals surface area (Å²) >= 11 is 11.2. The summed E-state index contributed by atoms with van der Waals surface area (Å²) in [6, 6.07) is 17.5. The molecule has 0 aliphatic heterocycles. The summed E-state index contributed by atoms with van der Waals surface area (Å²) < 4.78 is 3.83. The zero-order valence-corrected chi connectivity index (χ0v) is 15.9. The predicted octanol–water partition coefficient (Wildman–Crippen LogP) is 4.64. The molecule has 134 valence electrons. The fourth-order valence-corrected chi connectivity index (χ4v) is 3.00. The number of rotatable bonds is 4. The van der Waals surface area contributed by atoms with Gasteiger partial charge >= 0.3 is 0 Å². The first kappa shape index (κ1) is 17.4. The highest BCUT2D eigenvalue weighted by atomic mass is 35.5. The Balaban J connectivity index is 1.82. The molecule has 2 aromatic carbocycles. The van der Waals surface area contributed by atoms with Gasteiger partial charge in [-0.15, -0.1) is 0 Å². The first-order valence-corrected chi connectivity index (χ1v) is 9.00. The summed E-state index contributed by atoms with van der Waals surface area (Å²) in [5, 5.41) is 16.7. The first-order chi connectivity index (χ1) is 13.1. The van der Waals surface area contributed by atoms with E-state index in [-0.39, 0.29) is 0 Å². The van der Waals surface area contributed by atoms with E-state index in [0.29, 0.717) is 15.6 Å². The van der Waals surface area contributed by atoms with Crippen LogP contribution in [0, 0.1) is 11.7 Å².